The number of hydrogen-bond acceptors (Lipinski definition) is 6. The van der Waals surface area contributed by atoms with Gasteiger partial charge in [-0.1, -0.05) is 12.1 Å². The highest BCUT2D eigenvalue weighted by atomic mass is 16.5. The molecule has 1 heterocycles. The molecule has 0 unspecified atom stereocenters. The van der Waals surface area contributed by atoms with E-state index in [1.165, 1.54) is 19.3 Å². The molecule has 0 aliphatic carbocycles. The van der Waals surface area contributed by atoms with Crippen LogP contribution in [0.2, 0.25) is 0 Å². The van der Waals surface area contributed by atoms with Crippen LogP contribution in [0.25, 0.3) is 17.0 Å². The van der Waals surface area contributed by atoms with Crippen molar-refractivity contribution in [2.75, 3.05) is 25.1 Å². The van der Waals surface area contributed by atoms with Gasteiger partial charge in [0.2, 0.25) is 0 Å². The first-order valence-corrected chi connectivity index (χ1v) is 9.39. The Morgan fingerprint density at radius 2 is 1.90 bits per heavy atom. The Balaban J connectivity index is 1.91. The van der Waals surface area contributed by atoms with Crippen LogP contribution in [-0.2, 0) is 0 Å². The predicted molar refractivity (Wildman–Crippen MR) is 114 cm³/mol. The van der Waals surface area contributed by atoms with Gasteiger partial charge in [-0.15, -0.1) is 0 Å². The number of methoxy groups -OCH3 is 1. The van der Waals surface area contributed by atoms with Crippen molar-refractivity contribution < 1.29 is 19.1 Å². The topological polar surface area (TPSA) is 80.0 Å². The molecule has 0 aliphatic heterocycles. The fraction of sp³-hybridized carbons (Fsp3) is 0.217. The number of phenols is 1. The van der Waals surface area contributed by atoms with Crippen LogP contribution in [-0.4, -0.2) is 31.1 Å². The Labute approximate surface area is 168 Å². The molecule has 2 aromatic carbocycles. The maximum atomic E-state index is 12.5. The number of aromatic hydroxyl groups is 1. The van der Waals surface area contributed by atoms with E-state index >= 15 is 0 Å². The molecule has 3 aromatic rings. The highest BCUT2D eigenvalue weighted by Crippen LogP contribution is 2.27. The summed E-state index contributed by atoms with van der Waals surface area (Å²) in [6, 6.07) is 11.9. The quantitative estimate of drug-likeness (QED) is 0.367. The first kappa shape index (κ1) is 20.2. The lowest BCUT2D eigenvalue weighted by atomic mass is 10.1. The van der Waals surface area contributed by atoms with Crippen LogP contribution in [0.15, 0.2) is 57.8 Å². The van der Waals surface area contributed by atoms with Gasteiger partial charge in [0.05, 0.1) is 7.11 Å². The Hall–Kier alpha value is -3.54. The normalized spacial score (nSPS) is 11.1. The van der Waals surface area contributed by atoms with Crippen molar-refractivity contribution >= 4 is 28.5 Å². The number of anilines is 1. The second-order valence-corrected chi connectivity index (χ2v) is 6.47. The van der Waals surface area contributed by atoms with E-state index in [0.29, 0.717) is 22.3 Å². The minimum atomic E-state index is -0.674. The maximum Gasteiger partial charge on any atom is 0.347 e. The third-order valence-electron chi connectivity index (χ3n) is 4.74. The first-order chi connectivity index (χ1) is 14.0. The summed E-state index contributed by atoms with van der Waals surface area (Å²) in [7, 11) is 1.44. The van der Waals surface area contributed by atoms with Gasteiger partial charge in [-0.25, -0.2) is 4.79 Å². The molecule has 0 atom stereocenters. The third-order valence-corrected chi connectivity index (χ3v) is 4.74. The third kappa shape index (κ3) is 4.32. The van der Waals surface area contributed by atoms with Gasteiger partial charge in [-0.3, -0.25) is 4.79 Å². The van der Waals surface area contributed by atoms with Gasteiger partial charge < -0.3 is 19.2 Å². The summed E-state index contributed by atoms with van der Waals surface area (Å²) in [6.45, 7) is 5.80. The first-order valence-electron chi connectivity index (χ1n) is 9.39. The molecule has 1 aromatic heterocycles. The van der Waals surface area contributed by atoms with E-state index in [9.17, 15) is 14.7 Å². The van der Waals surface area contributed by atoms with Gasteiger partial charge in [0.15, 0.2) is 17.3 Å². The van der Waals surface area contributed by atoms with E-state index in [2.05, 4.69) is 18.7 Å². The van der Waals surface area contributed by atoms with Crippen LogP contribution in [0.3, 0.4) is 0 Å². The lowest BCUT2D eigenvalue weighted by Crippen LogP contribution is -2.21. The van der Waals surface area contributed by atoms with Crippen molar-refractivity contribution in [3.05, 3.63) is 70.1 Å². The number of fused-ring (bicyclic) bond motifs is 1. The van der Waals surface area contributed by atoms with Crippen LogP contribution < -0.4 is 15.3 Å². The molecule has 29 heavy (non-hydrogen) atoms. The summed E-state index contributed by atoms with van der Waals surface area (Å²) in [5.41, 5.74) is 1.36. The molecule has 6 heteroatoms. The molecular weight excluding hydrogens is 370 g/mol. The van der Waals surface area contributed by atoms with Gasteiger partial charge >= 0.3 is 5.63 Å². The summed E-state index contributed by atoms with van der Waals surface area (Å²) >= 11 is 0. The second kappa shape index (κ2) is 8.65. The van der Waals surface area contributed by atoms with Gasteiger partial charge in [0, 0.05) is 30.2 Å². The van der Waals surface area contributed by atoms with Crippen LogP contribution in [0.5, 0.6) is 11.5 Å². The van der Waals surface area contributed by atoms with E-state index in [0.717, 1.165) is 18.8 Å². The summed E-state index contributed by atoms with van der Waals surface area (Å²) in [4.78, 5) is 27.0. The maximum absolute atomic E-state index is 12.5. The smallest absolute Gasteiger partial charge is 0.347 e. The molecule has 0 bridgehead atoms. The van der Waals surface area contributed by atoms with E-state index in [4.69, 9.17) is 9.15 Å². The minimum Gasteiger partial charge on any atom is -0.504 e. The number of hydrogen-bond donors (Lipinski definition) is 1. The number of benzene rings is 2. The Morgan fingerprint density at radius 3 is 2.59 bits per heavy atom. The van der Waals surface area contributed by atoms with Crippen LogP contribution in [0.1, 0.15) is 29.8 Å². The summed E-state index contributed by atoms with van der Waals surface area (Å²) < 4.78 is 10.5. The highest BCUT2D eigenvalue weighted by molar-refractivity contribution is 6.07. The van der Waals surface area contributed by atoms with E-state index in [1.807, 2.05) is 18.2 Å². The molecule has 0 radical (unpaired) electrons. The number of allylic oxidation sites excluding steroid dienone is 1. The minimum absolute atomic E-state index is 0.00947. The summed E-state index contributed by atoms with van der Waals surface area (Å²) in [5.74, 6) is -0.149. The fourth-order valence-electron chi connectivity index (χ4n) is 3.12. The van der Waals surface area contributed by atoms with Crippen LogP contribution in [0, 0.1) is 0 Å². The molecule has 150 valence electrons. The molecular formula is C23H23NO5. The predicted octanol–water partition coefficient (Wildman–Crippen LogP) is 4.25. The average molecular weight is 393 g/mol. The van der Waals surface area contributed by atoms with Gasteiger partial charge in [-0.05, 0) is 55.8 Å². The van der Waals surface area contributed by atoms with Crippen molar-refractivity contribution in [2.24, 2.45) is 0 Å². The second-order valence-electron chi connectivity index (χ2n) is 6.47. The van der Waals surface area contributed by atoms with E-state index in [1.54, 1.807) is 24.3 Å². The van der Waals surface area contributed by atoms with Crippen molar-refractivity contribution in [1.82, 2.24) is 0 Å². The van der Waals surface area contributed by atoms with Crippen molar-refractivity contribution in [3.8, 4) is 11.5 Å². The van der Waals surface area contributed by atoms with Gasteiger partial charge in [0.1, 0.15) is 11.1 Å². The molecule has 0 amide bonds. The highest BCUT2D eigenvalue weighted by Gasteiger charge is 2.13. The largest absolute Gasteiger partial charge is 0.504 e. The Bertz CT molecular complexity index is 1130. The number of nitrogens with zero attached hydrogens (tertiary/aromatic N) is 1. The molecule has 0 saturated heterocycles. The van der Waals surface area contributed by atoms with Crippen LogP contribution in [0.4, 0.5) is 5.69 Å². The molecule has 0 saturated carbocycles. The van der Waals surface area contributed by atoms with E-state index < -0.39 is 11.4 Å². The zero-order valence-electron chi connectivity index (χ0n) is 16.6. The lowest BCUT2D eigenvalue weighted by molar-refractivity contribution is 0.104. The molecule has 3 rings (SSSR count). The average Bonchev–Trinajstić information content (AvgIpc) is 2.73. The number of carbonyl (C=O) groups is 1. The number of rotatable bonds is 7. The monoisotopic (exact) mass is 393 g/mol. The molecule has 0 fully saturated rings. The number of carbonyl (C=O) groups excluding carboxylic acids is 1. The zero-order valence-corrected chi connectivity index (χ0v) is 16.6. The SMILES string of the molecule is CCN(CC)c1ccc2cc(C(=O)C=Cc3ccc(O)c(OC)c3)c(=O)oc2c1. The van der Waals surface area contributed by atoms with Crippen molar-refractivity contribution in [2.45, 2.75) is 13.8 Å². The molecule has 1 N–H and O–H groups in total. The molecule has 0 aliphatic rings. The number of ether oxygens (including phenoxy) is 1. The number of phenolic OH excluding ortho intramolecular Hbond substituents is 1. The zero-order chi connectivity index (χ0) is 21.0. The molecule has 6 nitrogen and oxygen atoms in total. The molecule has 0 spiro atoms. The van der Waals surface area contributed by atoms with E-state index in [-0.39, 0.29) is 11.3 Å². The Morgan fingerprint density at radius 1 is 1.14 bits per heavy atom. The fourth-order valence-corrected chi connectivity index (χ4v) is 3.12. The lowest BCUT2D eigenvalue weighted by Gasteiger charge is -2.20. The van der Waals surface area contributed by atoms with Crippen LogP contribution >= 0.6 is 0 Å². The Kier molecular flexibility index (Phi) is 6.02. The standard InChI is InChI=1S/C23H23NO5/c1-4-24(5-2)17-9-8-16-13-18(23(27)29-21(16)14-17)19(25)10-6-15-7-11-20(26)22(12-15)28-3/h6-14,26H,4-5H2,1-3H3. The van der Waals surface area contributed by atoms with Crippen molar-refractivity contribution in [1.29, 1.82) is 0 Å². The summed E-state index contributed by atoms with van der Waals surface area (Å²) in [5, 5.41) is 10.3. The van der Waals surface area contributed by atoms with Gasteiger partial charge in [0.25, 0.3) is 0 Å². The number of ketones is 1. The van der Waals surface area contributed by atoms with Crippen molar-refractivity contribution in [3.63, 3.8) is 0 Å². The van der Waals surface area contributed by atoms with Gasteiger partial charge in [-0.2, -0.15) is 0 Å². The summed E-state index contributed by atoms with van der Waals surface area (Å²) in [6.07, 6.45) is 2.85.